The third kappa shape index (κ3) is 5.31. The van der Waals surface area contributed by atoms with E-state index in [-0.39, 0.29) is 18.7 Å². The van der Waals surface area contributed by atoms with Crippen molar-refractivity contribution in [2.24, 2.45) is 0 Å². The van der Waals surface area contributed by atoms with Crippen molar-refractivity contribution in [2.45, 2.75) is 39.3 Å². The second kappa shape index (κ2) is 9.18. The monoisotopic (exact) mass is 400 g/mol. The summed E-state index contributed by atoms with van der Waals surface area (Å²) >= 11 is 0. The molecule has 0 saturated heterocycles. The lowest BCUT2D eigenvalue weighted by Gasteiger charge is -2.16. The standard InChI is InChI=1S/C21H24N2O6/c1-14-15(2)19(20(25)29-13-16-8-6-5-7-9-16)22-17(14)12-21(3,23(26)27)11-10-18(24)28-4/h5-11,22H,12-13H2,1-4H3. The Morgan fingerprint density at radius 2 is 1.86 bits per heavy atom. The van der Waals surface area contributed by atoms with Crippen LogP contribution < -0.4 is 0 Å². The van der Waals surface area contributed by atoms with Gasteiger partial charge in [-0.05, 0) is 36.6 Å². The fraction of sp³-hybridized carbons (Fsp3) is 0.333. The minimum absolute atomic E-state index is 0.0356. The average molecular weight is 400 g/mol. The number of benzene rings is 1. The van der Waals surface area contributed by atoms with E-state index in [1.807, 2.05) is 30.3 Å². The number of hydrogen-bond acceptors (Lipinski definition) is 6. The number of nitrogens with zero attached hydrogens (tertiary/aromatic N) is 1. The Bertz CT molecular complexity index is 932. The lowest BCUT2D eigenvalue weighted by atomic mass is 9.94. The Labute approximate surface area is 168 Å². The van der Waals surface area contributed by atoms with E-state index in [4.69, 9.17) is 4.74 Å². The molecule has 0 amide bonds. The lowest BCUT2D eigenvalue weighted by Crippen LogP contribution is -2.35. The second-order valence-electron chi connectivity index (χ2n) is 6.94. The van der Waals surface area contributed by atoms with E-state index in [1.165, 1.54) is 20.1 Å². The Morgan fingerprint density at radius 3 is 2.45 bits per heavy atom. The van der Waals surface area contributed by atoms with Gasteiger partial charge in [-0.15, -0.1) is 0 Å². The highest BCUT2D eigenvalue weighted by molar-refractivity contribution is 5.89. The number of rotatable bonds is 8. The molecule has 154 valence electrons. The molecule has 1 aromatic heterocycles. The van der Waals surface area contributed by atoms with Crippen molar-refractivity contribution in [3.05, 3.63) is 80.7 Å². The first kappa shape index (κ1) is 21.9. The number of hydrogen-bond donors (Lipinski definition) is 1. The van der Waals surface area contributed by atoms with Crippen LogP contribution in [-0.2, 0) is 27.3 Å². The molecule has 2 rings (SSSR count). The van der Waals surface area contributed by atoms with Gasteiger partial charge in [0, 0.05) is 23.6 Å². The third-order valence-corrected chi connectivity index (χ3v) is 4.81. The van der Waals surface area contributed by atoms with Gasteiger partial charge in [0.1, 0.15) is 12.3 Å². The van der Waals surface area contributed by atoms with E-state index < -0.39 is 22.4 Å². The minimum atomic E-state index is -1.55. The van der Waals surface area contributed by atoms with Crippen LogP contribution in [0.4, 0.5) is 0 Å². The van der Waals surface area contributed by atoms with Crippen LogP contribution in [0.1, 0.15) is 39.8 Å². The SMILES string of the molecule is COC(=O)C=CC(C)(Cc1[nH]c(C(=O)OCc2ccccc2)c(C)c1C)[N+](=O)[O-]. The van der Waals surface area contributed by atoms with Gasteiger partial charge < -0.3 is 14.5 Å². The van der Waals surface area contributed by atoms with Gasteiger partial charge in [0.25, 0.3) is 0 Å². The number of ether oxygens (including phenoxy) is 2. The van der Waals surface area contributed by atoms with E-state index in [0.29, 0.717) is 11.3 Å². The molecule has 0 aliphatic carbocycles. The van der Waals surface area contributed by atoms with Crippen molar-refractivity contribution in [2.75, 3.05) is 7.11 Å². The molecule has 0 spiro atoms. The summed E-state index contributed by atoms with van der Waals surface area (Å²) < 4.78 is 9.86. The van der Waals surface area contributed by atoms with Crippen LogP contribution in [0.2, 0.25) is 0 Å². The molecular weight excluding hydrogens is 376 g/mol. The van der Waals surface area contributed by atoms with Crippen LogP contribution in [0.15, 0.2) is 42.5 Å². The predicted octanol–water partition coefficient (Wildman–Crippen LogP) is 3.30. The van der Waals surface area contributed by atoms with Crippen molar-refractivity contribution >= 4 is 11.9 Å². The summed E-state index contributed by atoms with van der Waals surface area (Å²) in [5.74, 6) is -1.21. The number of carbonyl (C=O) groups excluding carboxylic acids is 2. The second-order valence-corrected chi connectivity index (χ2v) is 6.94. The number of aromatic nitrogens is 1. The van der Waals surface area contributed by atoms with Crippen LogP contribution >= 0.6 is 0 Å². The zero-order chi connectivity index (χ0) is 21.6. The number of nitro groups is 1. The molecule has 0 aliphatic rings. The summed E-state index contributed by atoms with van der Waals surface area (Å²) in [5.41, 5.74) is 1.49. The maximum absolute atomic E-state index is 12.5. The van der Waals surface area contributed by atoms with E-state index in [2.05, 4.69) is 9.72 Å². The van der Waals surface area contributed by atoms with Crippen molar-refractivity contribution in [1.29, 1.82) is 0 Å². The van der Waals surface area contributed by atoms with Gasteiger partial charge in [-0.2, -0.15) is 0 Å². The number of aromatic amines is 1. The van der Waals surface area contributed by atoms with E-state index >= 15 is 0 Å². The highest BCUT2D eigenvalue weighted by Crippen LogP contribution is 2.25. The fourth-order valence-electron chi connectivity index (χ4n) is 2.79. The molecule has 0 saturated carbocycles. The number of nitrogens with one attached hydrogen (secondary N) is 1. The van der Waals surface area contributed by atoms with Gasteiger partial charge in [0.15, 0.2) is 0 Å². The highest BCUT2D eigenvalue weighted by Gasteiger charge is 2.36. The molecule has 0 radical (unpaired) electrons. The first-order valence-electron chi connectivity index (χ1n) is 8.98. The predicted molar refractivity (Wildman–Crippen MR) is 106 cm³/mol. The molecule has 1 N–H and O–H groups in total. The van der Waals surface area contributed by atoms with Gasteiger partial charge >= 0.3 is 11.9 Å². The quantitative estimate of drug-likeness (QED) is 0.315. The van der Waals surface area contributed by atoms with Crippen LogP contribution in [-0.4, -0.2) is 34.5 Å². The van der Waals surface area contributed by atoms with Gasteiger partial charge in [-0.3, -0.25) is 10.1 Å². The molecule has 2 aromatic rings. The summed E-state index contributed by atoms with van der Waals surface area (Å²) in [5, 5.41) is 11.6. The summed E-state index contributed by atoms with van der Waals surface area (Å²) in [6, 6.07) is 9.28. The van der Waals surface area contributed by atoms with Crippen LogP contribution in [0.25, 0.3) is 0 Å². The molecule has 1 heterocycles. The molecule has 1 aromatic carbocycles. The van der Waals surface area contributed by atoms with Gasteiger partial charge in [0.2, 0.25) is 5.54 Å². The number of H-pyrrole nitrogens is 1. The summed E-state index contributed by atoms with van der Waals surface area (Å²) in [4.78, 5) is 37.9. The van der Waals surface area contributed by atoms with Crippen molar-refractivity contribution < 1.29 is 24.0 Å². The van der Waals surface area contributed by atoms with Crippen LogP contribution in [0, 0.1) is 24.0 Å². The first-order chi connectivity index (χ1) is 13.7. The maximum atomic E-state index is 12.5. The van der Waals surface area contributed by atoms with Crippen LogP contribution in [0.5, 0.6) is 0 Å². The first-order valence-corrected chi connectivity index (χ1v) is 8.98. The Hall–Kier alpha value is -3.42. The summed E-state index contributed by atoms with van der Waals surface area (Å²) in [6.45, 7) is 5.05. The summed E-state index contributed by atoms with van der Waals surface area (Å²) in [7, 11) is 1.20. The van der Waals surface area contributed by atoms with Crippen molar-refractivity contribution in [3.63, 3.8) is 0 Å². The molecule has 29 heavy (non-hydrogen) atoms. The highest BCUT2D eigenvalue weighted by atomic mass is 16.6. The molecule has 8 heteroatoms. The molecule has 8 nitrogen and oxygen atoms in total. The number of methoxy groups -OCH3 is 1. The lowest BCUT2D eigenvalue weighted by molar-refractivity contribution is -0.550. The van der Waals surface area contributed by atoms with E-state index in [1.54, 1.807) is 13.8 Å². The van der Waals surface area contributed by atoms with E-state index in [0.717, 1.165) is 17.2 Å². The normalized spacial score (nSPS) is 13.1. The molecule has 1 unspecified atom stereocenters. The number of esters is 2. The number of carbonyl (C=O) groups is 2. The van der Waals surface area contributed by atoms with E-state index in [9.17, 15) is 19.7 Å². The fourth-order valence-corrected chi connectivity index (χ4v) is 2.79. The molecular formula is C21H24N2O6. The van der Waals surface area contributed by atoms with Gasteiger partial charge in [-0.25, -0.2) is 9.59 Å². The smallest absolute Gasteiger partial charge is 0.355 e. The molecule has 1 atom stereocenters. The van der Waals surface area contributed by atoms with Crippen molar-refractivity contribution in [1.82, 2.24) is 4.98 Å². The Kier molecular flexibility index (Phi) is 6.93. The largest absolute Gasteiger partial charge is 0.466 e. The zero-order valence-corrected chi connectivity index (χ0v) is 16.9. The molecule has 0 fully saturated rings. The Balaban J connectivity index is 2.22. The third-order valence-electron chi connectivity index (χ3n) is 4.81. The average Bonchev–Trinajstić information content (AvgIpc) is 2.99. The topological polar surface area (TPSA) is 112 Å². The zero-order valence-electron chi connectivity index (χ0n) is 16.9. The minimum Gasteiger partial charge on any atom is -0.466 e. The Morgan fingerprint density at radius 1 is 1.21 bits per heavy atom. The van der Waals surface area contributed by atoms with Gasteiger partial charge in [0.05, 0.1) is 13.5 Å². The maximum Gasteiger partial charge on any atom is 0.355 e. The molecule has 0 aliphatic heterocycles. The van der Waals surface area contributed by atoms with Crippen molar-refractivity contribution in [3.8, 4) is 0 Å². The van der Waals surface area contributed by atoms with Gasteiger partial charge in [-0.1, -0.05) is 30.3 Å². The molecule has 0 bridgehead atoms. The summed E-state index contributed by atoms with van der Waals surface area (Å²) in [6.07, 6.45) is 2.19. The van der Waals surface area contributed by atoms with Crippen LogP contribution in [0.3, 0.4) is 0 Å².